The summed E-state index contributed by atoms with van der Waals surface area (Å²) in [5, 5.41) is 8.15. The topological polar surface area (TPSA) is 94.4 Å². The molecule has 1 aliphatic rings. The molecule has 0 spiro atoms. The molecule has 1 aliphatic heterocycles. The van der Waals surface area contributed by atoms with Gasteiger partial charge in [-0.3, -0.25) is 14.4 Å². The molecule has 0 bridgehead atoms. The van der Waals surface area contributed by atoms with Crippen LogP contribution in [0.4, 0.5) is 5.69 Å². The van der Waals surface area contributed by atoms with Crippen molar-refractivity contribution in [1.82, 2.24) is 15.0 Å². The molecule has 2 aromatic carbocycles. The van der Waals surface area contributed by atoms with Crippen LogP contribution in [-0.2, 0) is 27.5 Å². The van der Waals surface area contributed by atoms with E-state index in [4.69, 9.17) is 4.74 Å². The van der Waals surface area contributed by atoms with E-state index in [1.54, 1.807) is 41.3 Å². The lowest BCUT2D eigenvalue weighted by molar-refractivity contribution is -0.147. The summed E-state index contributed by atoms with van der Waals surface area (Å²) in [6.07, 6.45) is 1.50. The van der Waals surface area contributed by atoms with Crippen molar-refractivity contribution in [3.05, 3.63) is 64.4 Å². The summed E-state index contributed by atoms with van der Waals surface area (Å²) in [6.45, 7) is 0.428. The third-order valence-corrected chi connectivity index (χ3v) is 4.65. The number of fused-ring (bicyclic) bond motifs is 1. The summed E-state index contributed by atoms with van der Waals surface area (Å²) >= 11 is 0. The van der Waals surface area contributed by atoms with E-state index in [0.717, 1.165) is 28.9 Å². The molecule has 1 fully saturated rings. The Morgan fingerprint density at radius 1 is 1.07 bits per heavy atom. The number of anilines is 1. The number of rotatable bonds is 5. The minimum absolute atomic E-state index is 0.0595. The van der Waals surface area contributed by atoms with Crippen LogP contribution in [0.1, 0.15) is 18.4 Å². The number of benzene rings is 2. The molecule has 1 saturated heterocycles. The van der Waals surface area contributed by atoms with E-state index < -0.39 is 5.97 Å². The van der Waals surface area contributed by atoms with Gasteiger partial charge in [0, 0.05) is 18.7 Å². The van der Waals surface area contributed by atoms with Gasteiger partial charge in [0.15, 0.2) is 6.73 Å². The summed E-state index contributed by atoms with van der Waals surface area (Å²) < 4.78 is 6.18. The molecule has 3 aromatic rings. The average molecular weight is 378 g/mol. The number of esters is 1. The van der Waals surface area contributed by atoms with Gasteiger partial charge in [-0.2, -0.15) is 4.68 Å². The molecule has 2 heterocycles. The molecule has 8 nitrogen and oxygen atoms in total. The summed E-state index contributed by atoms with van der Waals surface area (Å²) in [6, 6.07) is 14.1. The number of hydrogen-bond acceptors (Lipinski definition) is 6. The molecule has 0 aliphatic carbocycles. The number of ether oxygens (including phenoxy) is 1. The van der Waals surface area contributed by atoms with Crippen molar-refractivity contribution in [3.8, 4) is 0 Å². The predicted molar refractivity (Wildman–Crippen MR) is 102 cm³/mol. The number of aromatic nitrogens is 3. The van der Waals surface area contributed by atoms with Crippen LogP contribution >= 0.6 is 0 Å². The zero-order chi connectivity index (χ0) is 19.5. The van der Waals surface area contributed by atoms with E-state index in [1.807, 2.05) is 12.1 Å². The highest BCUT2D eigenvalue weighted by atomic mass is 16.5. The van der Waals surface area contributed by atoms with Crippen molar-refractivity contribution in [3.63, 3.8) is 0 Å². The molecule has 28 heavy (non-hydrogen) atoms. The molecule has 0 saturated carbocycles. The maximum absolute atomic E-state index is 12.3. The van der Waals surface area contributed by atoms with Crippen LogP contribution in [-0.4, -0.2) is 33.4 Å². The third-order valence-electron chi connectivity index (χ3n) is 4.65. The highest BCUT2D eigenvalue weighted by Crippen LogP contribution is 2.21. The fourth-order valence-electron chi connectivity index (χ4n) is 3.17. The van der Waals surface area contributed by atoms with Gasteiger partial charge >= 0.3 is 5.97 Å². The molecule has 0 atom stereocenters. The Bertz CT molecular complexity index is 1090. The van der Waals surface area contributed by atoms with E-state index in [9.17, 15) is 14.4 Å². The van der Waals surface area contributed by atoms with Crippen molar-refractivity contribution in [1.29, 1.82) is 0 Å². The molecule has 8 heteroatoms. The van der Waals surface area contributed by atoms with Crippen LogP contribution in [0, 0.1) is 0 Å². The van der Waals surface area contributed by atoms with Crippen molar-refractivity contribution in [2.24, 2.45) is 0 Å². The zero-order valence-corrected chi connectivity index (χ0v) is 15.1. The van der Waals surface area contributed by atoms with Gasteiger partial charge in [-0.05, 0) is 36.2 Å². The molecule has 1 aromatic heterocycles. The van der Waals surface area contributed by atoms with Crippen molar-refractivity contribution < 1.29 is 14.3 Å². The van der Waals surface area contributed by atoms with E-state index in [-0.39, 0.29) is 24.6 Å². The summed E-state index contributed by atoms with van der Waals surface area (Å²) in [5.74, 6) is -0.360. The largest absolute Gasteiger partial charge is 0.442 e. The van der Waals surface area contributed by atoms with Crippen LogP contribution < -0.4 is 10.5 Å². The molecule has 0 unspecified atom stereocenters. The molecule has 1 amide bonds. The second-order valence-electron chi connectivity index (χ2n) is 6.55. The number of nitrogens with zero attached hydrogens (tertiary/aromatic N) is 4. The van der Waals surface area contributed by atoms with Crippen molar-refractivity contribution in [2.75, 3.05) is 11.4 Å². The molecule has 0 N–H and O–H groups in total. The molecule has 4 rings (SSSR count). The van der Waals surface area contributed by atoms with Crippen LogP contribution in [0.25, 0.3) is 10.9 Å². The normalized spacial score (nSPS) is 13.9. The lowest BCUT2D eigenvalue weighted by atomic mass is 10.1. The van der Waals surface area contributed by atoms with Gasteiger partial charge in [0.05, 0.1) is 11.8 Å². The maximum atomic E-state index is 12.3. The summed E-state index contributed by atoms with van der Waals surface area (Å²) in [5.41, 5.74) is 1.72. The average Bonchev–Trinajstić information content (AvgIpc) is 3.14. The van der Waals surface area contributed by atoms with Gasteiger partial charge in [0.1, 0.15) is 5.52 Å². The number of amides is 1. The van der Waals surface area contributed by atoms with Crippen molar-refractivity contribution in [2.45, 2.75) is 26.0 Å². The molecule has 142 valence electrons. The third kappa shape index (κ3) is 3.62. The maximum Gasteiger partial charge on any atom is 0.312 e. The standard InChI is InChI=1S/C20H18N4O4/c25-18-6-3-11-23(18)15-9-7-14(8-10-15)12-19(26)28-13-24-20(27)16-4-1-2-5-17(16)21-22-24/h1-2,4-5,7-10H,3,6,11-13H2. The SMILES string of the molecule is O=C(Cc1ccc(N2CCCC2=O)cc1)OCn1nnc2ccccc2c1=O. The van der Waals surface area contributed by atoms with Crippen LogP contribution in [0.3, 0.4) is 0 Å². The quantitative estimate of drug-likeness (QED) is 0.627. The highest BCUT2D eigenvalue weighted by molar-refractivity contribution is 5.95. The predicted octanol–water partition coefficient (Wildman–Crippen LogP) is 1.66. The first-order valence-corrected chi connectivity index (χ1v) is 8.99. The second kappa shape index (κ2) is 7.59. The van der Waals surface area contributed by atoms with Gasteiger partial charge in [-0.15, -0.1) is 5.10 Å². The Morgan fingerprint density at radius 2 is 1.86 bits per heavy atom. The number of carbonyl (C=O) groups is 2. The monoisotopic (exact) mass is 378 g/mol. The van der Waals surface area contributed by atoms with Gasteiger partial charge in [-0.25, -0.2) is 0 Å². The lowest BCUT2D eigenvalue weighted by Gasteiger charge is -2.15. The Morgan fingerprint density at radius 3 is 2.61 bits per heavy atom. The number of carbonyl (C=O) groups excluding carboxylic acids is 2. The van der Waals surface area contributed by atoms with Gasteiger partial charge in [-0.1, -0.05) is 29.5 Å². The highest BCUT2D eigenvalue weighted by Gasteiger charge is 2.21. The second-order valence-corrected chi connectivity index (χ2v) is 6.55. The fraction of sp³-hybridized carbons (Fsp3) is 0.250. The Balaban J connectivity index is 1.38. The summed E-state index contributed by atoms with van der Waals surface area (Å²) in [4.78, 5) is 38.0. The Hall–Kier alpha value is -3.55. The van der Waals surface area contributed by atoms with Crippen molar-refractivity contribution >= 4 is 28.5 Å². The zero-order valence-electron chi connectivity index (χ0n) is 15.1. The first kappa shape index (κ1) is 17.8. The lowest BCUT2D eigenvalue weighted by Crippen LogP contribution is -2.27. The fourth-order valence-corrected chi connectivity index (χ4v) is 3.17. The van der Waals surface area contributed by atoms with Gasteiger partial charge < -0.3 is 9.64 Å². The minimum Gasteiger partial charge on any atom is -0.442 e. The molecular weight excluding hydrogens is 360 g/mol. The Kier molecular flexibility index (Phi) is 4.84. The molecule has 0 radical (unpaired) electrons. The first-order chi connectivity index (χ1) is 13.6. The van der Waals surface area contributed by atoms with E-state index in [2.05, 4.69) is 10.3 Å². The first-order valence-electron chi connectivity index (χ1n) is 8.99. The van der Waals surface area contributed by atoms with Gasteiger partial charge in [0.2, 0.25) is 5.91 Å². The van der Waals surface area contributed by atoms with Crippen LogP contribution in [0.5, 0.6) is 0 Å². The van der Waals surface area contributed by atoms with Crippen LogP contribution in [0.15, 0.2) is 53.3 Å². The van der Waals surface area contributed by atoms with E-state index in [0.29, 0.717) is 17.3 Å². The Labute approximate surface area is 160 Å². The van der Waals surface area contributed by atoms with Crippen LogP contribution in [0.2, 0.25) is 0 Å². The number of hydrogen-bond donors (Lipinski definition) is 0. The van der Waals surface area contributed by atoms with E-state index >= 15 is 0 Å². The smallest absolute Gasteiger partial charge is 0.312 e. The molecular formula is C20H18N4O4. The summed E-state index contributed by atoms with van der Waals surface area (Å²) in [7, 11) is 0. The van der Waals surface area contributed by atoms with Gasteiger partial charge in [0.25, 0.3) is 5.56 Å². The minimum atomic E-state index is -0.480. The van der Waals surface area contributed by atoms with E-state index in [1.165, 1.54) is 0 Å².